The van der Waals surface area contributed by atoms with E-state index in [1.165, 1.54) is 0 Å². The van der Waals surface area contributed by atoms with Gasteiger partial charge in [0, 0.05) is 11.6 Å². The van der Waals surface area contributed by atoms with Crippen LogP contribution in [0.2, 0.25) is 5.02 Å². The fraction of sp³-hybridized carbons (Fsp3) is 0.333. The van der Waals surface area contributed by atoms with Crippen LogP contribution in [-0.2, 0) is 6.42 Å². The van der Waals surface area contributed by atoms with Crippen LogP contribution in [0.1, 0.15) is 17.2 Å². The fourth-order valence-electron chi connectivity index (χ4n) is 2.34. The van der Waals surface area contributed by atoms with Crippen LogP contribution in [0.15, 0.2) is 42.5 Å². The predicted octanol–water partition coefficient (Wildman–Crippen LogP) is 3.22. The van der Waals surface area contributed by atoms with Gasteiger partial charge in [0.1, 0.15) is 0 Å². The lowest BCUT2D eigenvalue weighted by Crippen LogP contribution is -2.23. The first-order valence-electron chi connectivity index (χ1n) is 7.49. The lowest BCUT2D eigenvalue weighted by Gasteiger charge is -2.13. The monoisotopic (exact) mass is 335 g/mol. The van der Waals surface area contributed by atoms with Crippen LogP contribution < -0.4 is 14.8 Å². The molecular formula is C18H22ClNO3. The van der Waals surface area contributed by atoms with Crippen molar-refractivity contribution in [3.63, 3.8) is 0 Å². The zero-order chi connectivity index (χ0) is 16.7. The van der Waals surface area contributed by atoms with Crippen LogP contribution in [0.5, 0.6) is 11.5 Å². The number of methoxy groups -OCH3 is 2. The largest absolute Gasteiger partial charge is 0.493 e. The van der Waals surface area contributed by atoms with Crippen LogP contribution in [0.3, 0.4) is 0 Å². The number of nitrogens with one attached hydrogen (secondary N) is 1. The second kappa shape index (κ2) is 8.77. The maximum atomic E-state index is 10.1. The molecule has 124 valence electrons. The van der Waals surface area contributed by atoms with Gasteiger partial charge in [-0.1, -0.05) is 29.8 Å². The highest BCUT2D eigenvalue weighted by Crippen LogP contribution is 2.27. The first kappa shape index (κ1) is 17.6. The van der Waals surface area contributed by atoms with Crippen molar-refractivity contribution in [3.8, 4) is 11.5 Å². The van der Waals surface area contributed by atoms with Crippen molar-refractivity contribution >= 4 is 11.6 Å². The molecule has 5 heteroatoms. The van der Waals surface area contributed by atoms with E-state index in [-0.39, 0.29) is 0 Å². The number of hydrogen-bond acceptors (Lipinski definition) is 4. The smallest absolute Gasteiger partial charge is 0.160 e. The molecule has 1 atom stereocenters. The second-order valence-corrected chi connectivity index (χ2v) is 5.65. The van der Waals surface area contributed by atoms with Gasteiger partial charge in [-0.15, -0.1) is 0 Å². The normalized spacial score (nSPS) is 12.0. The summed E-state index contributed by atoms with van der Waals surface area (Å²) in [6, 6.07) is 13.2. The van der Waals surface area contributed by atoms with Gasteiger partial charge in [-0.3, -0.25) is 0 Å². The number of halogens is 1. The predicted molar refractivity (Wildman–Crippen MR) is 92.5 cm³/mol. The van der Waals surface area contributed by atoms with Crippen molar-refractivity contribution in [3.05, 3.63) is 58.6 Å². The first-order chi connectivity index (χ1) is 11.1. The Morgan fingerprint density at radius 3 is 2.57 bits per heavy atom. The molecule has 0 aliphatic heterocycles. The average molecular weight is 336 g/mol. The number of aliphatic hydroxyl groups excluding tert-OH is 1. The molecule has 0 amide bonds. The molecule has 0 saturated heterocycles. The Balaban J connectivity index is 1.81. The SMILES string of the molecule is COc1ccc(CCNCC(O)c2cccc(Cl)c2)cc1OC. The Kier molecular flexibility index (Phi) is 6.71. The molecule has 0 radical (unpaired) electrons. The van der Waals surface area contributed by atoms with Gasteiger partial charge in [-0.25, -0.2) is 0 Å². The average Bonchev–Trinajstić information content (AvgIpc) is 2.58. The molecule has 0 aliphatic carbocycles. The summed E-state index contributed by atoms with van der Waals surface area (Å²) in [5.41, 5.74) is 1.96. The summed E-state index contributed by atoms with van der Waals surface area (Å²) in [7, 11) is 3.25. The summed E-state index contributed by atoms with van der Waals surface area (Å²) in [6.07, 6.45) is 0.266. The third-order valence-corrected chi connectivity index (χ3v) is 3.84. The molecular weight excluding hydrogens is 314 g/mol. The van der Waals surface area contributed by atoms with E-state index < -0.39 is 6.10 Å². The van der Waals surface area contributed by atoms with Crippen molar-refractivity contribution in [1.82, 2.24) is 5.32 Å². The second-order valence-electron chi connectivity index (χ2n) is 5.21. The minimum atomic E-state index is -0.570. The van der Waals surface area contributed by atoms with Crippen molar-refractivity contribution in [2.75, 3.05) is 27.3 Å². The lowest BCUT2D eigenvalue weighted by molar-refractivity contribution is 0.175. The molecule has 1 unspecified atom stereocenters. The van der Waals surface area contributed by atoms with Gasteiger partial charge < -0.3 is 19.9 Å². The van der Waals surface area contributed by atoms with E-state index in [2.05, 4.69) is 5.32 Å². The minimum Gasteiger partial charge on any atom is -0.493 e. The molecule has 0 bridgehead atoms. The quantitative estimate of drug-likeness (QED) is 0.727. The Hall–Kier alpha value is -1.75. The standard InChI is InChI=1S/C18H22ClNO3/c1-22-17-7-6-13(10-18(17)23-2)8-9-20-12-16(21)14-4-3-5-15(19)11-14/h3-7,10-11,16,20-21H,8-9,12H2,1-2H3. The summed E-state index contributed by atoms with van der Waals surface area (Å²) >= 11 is 5.93. The number of rotatable bonds is 8. The Morgan fingerprint density at radius 2 is 1.87 bits per heavy atom. The summed E-state index contributed by atoms with van der Waals surface area (Å²) in [5.74, 6) is 1.45. The minimum absolute atomic E-state index is 0.480. The molecule has 0 spiro atoms. The van der Waals surface area contributed by atoms with Gasteiger partial charge in [0.2, 0.25) is 0 Å². The summed E-state index contributed by atoms with van der Waals surface area (Å²) in [6.45, 7) is 1.24. The topological polar surface area (TPSA) is 50.7 Å². The maximum Gasteiger partial charge on any atom is 0.160 e. The van der Waals surface area contributed by atoms with E-state index in [9.17, 15) is 5.11 Å². The molecule has 23 heavy (non-hydrogen) atoms. The van der Waals surface area contributed by atoms with Crippen LogP contribution in [0, 0.1) is 0 Å². The molecule has 0 fully saturated rings. The van der Waals surface area contributed by atoms with E-state index in [4.69, 9.17) is 21.1 Å². The van der Waals surface area contributed by atoms with Crippen molar-refractivity contribution in [1.29, 1.82) is 0 Å². The Labute approximate surface area is 142 Å². The van der Waals surface area contributed by atoms with Crippen LogP contribution >= 0.6 is 11.6 Å². The highest BCUT2D eigenvalue weighted by atomic mass is 35.5. The Bertz CT molecular complexity index is 633. The summed E-state index contributed by atoms with van der Waals surface area (Å²) in [4.78, 5) is 0. The number of aliphatic hydroxyl groups is 1. The van der Waals surface area contributed by atoms with Crippen LogP contribution in [0.25, 0.3) is 0 Å². The van der Waals surface area contributed by atoms with Crippen molar-refractivity contribution in [2.45, 2.75) is 12.5 Å². The van der Waals surface area contributed by atoms with E-state index in [1.807, 2.05) is 30.3 Å². The first-order valence-corrected chi connectivity index (χ1v) is 7.87. The molecule has 0 aromatic heterocycles. The lowest BCUT2D eigenvalue weighted by atomic mass is 10.1. The van der Waals surface area contributed by atoms with Gasteiger partial charge in [-0.05, 0) is 48.4 Å². The molecule has 0 saturated carbocycles. The highest BCUT2D eigenvalue weighted by Gasteiger charge is 2.08. The molecule has 2 aromatic carbocycles. The van der Waals surface area contributed by atoms with Gasteiger partial charge in [0.15, 0.2) is 11.5 Å². The Morgan fingerprint density at radius 1 is 1.09 bits per heavy atom. The zero-order valence-corrected chi connectivity index (χ0v) is 14.1. The molecule has 2 N–H and O–H groups in total. The molecule has 2 rings (SSSR count). The number of benzene rings is 2. The van der Waals surface area contributed by atoms with Crippen molar-refractivity contribution < 1.29 is 14.6 Å². The number of ether oxygens (including phenoxy) is 2. The van der Waals surface area contributed by atoms with Gasteiger partial charge >= 0.3 is 0 Å². The molecule has 0 aliphatic rings. The van der Waals surface area contributed by atoms with E-state index in [1.54, 1.807) is 26.4 Å². The molecule has 4 nitrogen and oxygen atoms in total. The third-order valence-electron chi connectivity index (χ3n) is 3.61. The fourth-order valence-corrected chi connectivity index (χ4v) is 2.54. The van der Waals surface area contributed by atoms with E-state index in [0.29, 0.717) is 11.6 Å². The maximum absolute atomic E-state index is 10.1. The van der Waals surface area contributed by atoms with E-state index in [0.717, 1.165) is 35.6 Å². The van der Waals surface area contributed by atoms with Crippen LogP contribution in [0.4, 0.5) is 0 Å². The zero-order valence-electron chi connectivity index (χ0n) is 13.4. The molecule has 0 heterocycles. The highest BCUT2D eigenvalue weighted by molar-refractivity contribution is 6.30. The van der Waals surface area contributed by atoms with Crippen molar-refractivity contribution in [2.24, 2.45) is 0 Å². The van der Waals surface area contributed by atoms with E-state index >= 15 is 0 Å². The summed E-state index contributed by atoms with van der Waals surface area (Å²) < 4.78 is 10.5. The van der Waals surface area contributed by atoms with Gasteiger partial charge in [0.25, 0.3) is 0 Å². The third kappa shape index (κ3) is 5.13. The van der Waals surface area contributed by atoms with Gasteiger partial charge in [0.05, 0.1) is 20.3 Å². The molecule has 2 aromatic rings. The van der Waals surface area contributed by atoms with Crippen LogP contribution in [-0.4, -0.2) is 32.4 Å². The number of hydrogen-bond donors (Lipinski definition) is 2. The van der Waals surface area contributed by atoms with Gasteiger partial charge in [-0.2, -0.15) is 0 Å². The summed E-state index contributed by atoms with van der Waals surface area (Å²) in [5, 5.41) is 14.0.